The summed E-state index contributed by atoms with van der Waals surface area (Å²) in [5, 5.41) is 16.1. The fourth-order valence-corrected chi connectivity index (χ4v) is 2.43. The molecule has 18 heavy (non-hydrogen) atoms. The van der Waals surface area contributed by atoms with Gasteiger partial charge in [0.1, 0.15) is 0 Å². The lowest BCUT2D eigenvalue weighted by Gasteiger charge is -2.27. The van der Waals surface area contributed by atoms with Crippen molar-refractivity contribution in [3.05, 3.63) is 29.3 Å². The molecule has 3 N–H and O–H groups in total. The van der Waals surface area contributed by atoms with Gasteiger partial charge in [-0.05, 0) is 44.2 Å². The van der Waals surface area contributed by atoms with Gasteiger partial charge in [-0.2, -0.15) is 0 Å². The summed E-state index contributed by atoms with van der Waals surface area (Å²) in [6, 6.07) is 6.53. The van der Waals surface area contributed by atoms with Crippen molar-refractivity contribution in [1.82, 2.24) is 5.32 Å². The van der Waals surface area contributed by atoms with Crippen LogP contribution in [0.25, 0.3) is 0 Å². The highest BCUT2D eigenvalue weighted by molar-refractivity contribution is 5.59. The lowest BCUT2D eigenvalue weighted by atomic mass is 9.97. The van der Waals surface area contributed by atoms with Crippen molar-refractivity contribution in [3.8, 4) is 0 Å². The number of aryl methyl sites for hydroxylation is 1. The lowest BCUT2D eigenvalue weighted by Crippen LogP contribution is -2.39. The molecule has 100 valence electrons. The molecule has 0 saturated heterocycles. The second-order valence-corrected chi connectivity index (χ2v) is 5.69. The van der Waals surface area contributed by atoms with Crippen LogP contribution in [0.3, 0.4) is 0 Å². The Bertz CT molecular complexity index is 401. The van der Waals surface area contributed by atoms with E-state index in [0.717, 1.165) is 19.5 Å². The van der Waals surface area contributed by atoms with E-state index in [2.05, 4.69) is 42.7 Å². The summed E-state index contributed by atoms with van der Waals surface area (Å²) < 4.78 is 0. The molecule has 0 bridgehead atoms. The van der Waals surface area contributed by atoms with E-state index < -0.39 is 0 Å². The summed E-state index contributed by atoms with van der Waals surface area (Å²) in [6.07, 6.45) is 3.17. The fourth-order valence-electron chi connectivity index (χ4n) is 2.43. The molecular weight excluding hydrogens is 224 g/mol. The zero-order chi connectivity index (χ0) is 13.0. The van der Waals surface area contributed by atoms with Crippen molar-refractivity contribution < 1.29 is 5.11 Å². The molecule has 0 spiro atoms. The van der Waals surface area contributed by atoms with Gasteiger partial charge in [-0.15, -0.1) is 0 Å². The van der Waals surface area contributed by atoms with E-state index in [1.807, 2.05) is 0 Å². The number of benzene rings is 1. The minimum atomic E-state index is -0.0217. The highest BCUT2D eigenvalue weighted by Crippen LogP contribution is 2.26. The molecule has 0 radical (unpaired) electrons. The quantitative estimate of drug-likeness (QED) is 0.749. The highest BCUT2D eigenvalue weighted by Gasteiger charge is 2.18. The highest BCUT2D eigenvalue weighted by atomic mass is 16.3. The molecule has 0 aliphatic carbocycles. The van der Waals surface area contributed by atoms with Crippen LogP contribution in [0, 0.1) is 0 Å². The lowest BCUT2D eigenvalue weighted by molar-refractivity contribution is 0.230. The van der Waals surface area contributed by atoms with E-state index in [-0.39, 0.29) is 12.1 Å². The Kier molecular flexibility index (Phi) is 4.25. The first-order valence-electron chi connectivity index (χ1n) is 6.83. The summed E-state index contributed by atoms with van der Waals surface area (Å²) in [5.41, 5.74) is 4.06. The molecule has 1 aromatic carbocycles. The number of hydrogen-bond donors (Lipinski definition) is 3. The van der Waals surface area contributed by atoms with Crippen LogP contribution in [0.2, 0.25) is 0 Å². The Balaban J connectivity index is 2.05. The van der Waals surface area contributed by atoms with Gasteiger partial charge in [0.25, 0.3) is 0 Å². The molecule has 0 aromatic heterocycles. The molecule has 1 aliphatic rings. The summed E-state index contributed by atoms with van der Waals surface area (Å²) in [6.45, 7) is 6.41. The van der Waals surface area contributed by atoms with Crippen LogP contribution in [0.4, 0.5) is 5.69 Å². The molecule has 0 saturated carbocycles. The van der Waals surface area contributed by atoms with Crippen LogP contribution < -0.4 is 10.6 Å². The number of hydrogen-bond acceptors (Lipinski definition) is 3. The second-order valence-electron chi connectivity index (χ2n) is 5.69. The van der Waals surface area contributed by atoms with Crippen molar-refractivity contribution >= 4 is 5.69 Å². The maximum atomic E-state index is 9.04. The summed E-state index contributed by atoms with van der Waals surface area (Å²) >= 11 is 0. The molecule has 1 aromatic rings. The average Bonchev–Trinajstić information content (AvgIpc) is 2.36. The van der Waals surface area contributed by atoms with Crippen molar-refractivity contribution in [3.63, 3.8) is 0 Å². The van der Waals surface area contributed by atoms with Gasteiger partial charge in [-0.3, -0.25) is 0 Å². The molecule has 3 nitrogen and oxygen atoms in total. The normalized spacial score (nSPS) is 15.1. The smallest absolute Gasteiger partial charge is 0.0448 e. The van der Waals surface area contributed by atoms with Gasteiger partial charge in [-0.1, -0.05) is 18.2 Å². The zero-order valence-electron chi connectivity index (χ0n) is 11.4. The van der Waals surface area contributed by atoms with Crippen LogP contribution >= 0.6 is 0 Å². The largest absolute Gasteiger partial charge is 0.396 e. The third kappa shape index (κ3) is 3.24. The van der Waals surface area contributed by atoms with Gasteiger partial charge < -0.3 is 15.7 Å². The predicted octanol–water partition coefficient (Wildman–Crippen LogP) is 2.30. The fraction of sp³-hybridized carbons (Fsp3) is 0.600. The molecule has 0 unspecified atom stereocenters. The molecule has 2 rings (SSSR count). The Labute approximate surface area is 110 Å². The standard InChI is InChI=1S/C15H24N2O/c1-15(2,8-10-18)17-11-13-6-3-5-12-7-4-9-16-14(12)13/h3,5-6,16-18H,4,7-11H2,1-2H3. The number of aliphatic hydroxyl groups is 1. The van der Waals surface area contributed by atoms with Gasteiger partial charge in [0, 0.05) is 30.9 Å². The monoisotopic (exact) mass is 248 g/mol. The van der Waals surface area contributed by atoms with E-state index in [4.69, 9.17) is 5.11 Å². The number of rotatable bonds is 5. The second kappa shape index (κ2) is 5.72. The Morgan fingerprint density at radius 3 is 3.00 bits per heavy atom. The third-order valence-electron chi connectivity index (χ3n) is 3.66. The van der Waals surface area contributed by atoms with Crippen molar-refractivity contribution in [2.45, 2.75) is 45.2 Å². The first-order chi connectivity index (χ1) is 8.62. The van der Waals surface area contributed by atoms with Crippen molar-refractivity contribution in [2.24, 2.45) is 0 Å². The van der Waals surface area contributed by atoms with Crippen LogP contribution in [0.5, 0.6) is 0 Å². The predicted molar refractivity (Wildman–Crippen MR) is 75.9 cm³/mol. The maximum absolute atomic E-state index is 9.04. The molecule has 1 heterocycles. The summed E-state index contributed by atoms with van der Waals surface area (Å²) in [7, 11) is 0. The minimum Gasteiger partial charge on any atom is -0.396 e. The first kappa shape index (κ1) is 13.4. The molecule has 0 fully saturated rings. The number of fused-ring (bicyclic) bond motifs is 1. The topological polar surface area (TPSA) is 44.3 Å². The Morgan fingerprint density at radius 2 is 2.22 bits per heavy atom. The zero-order valence-corrected chi connectivity index (χ0v) is 11.4. The average molecular weight is 248 g/mol. The van der Waals surface area contributed by atoms with E-state index in [0.29, 0.717) is 0 Å². The van der Waals surface area contributed by atoms with Crippen molar-refractivity contribution in [2.75, 3.05) is 18.5 Å². The maximum Gasteiger partial charge on any atom is 0.0448 e. The van der Waals surface area contributed by atoms with Crippen LogP contribution in [-0.2, 0) is 13.0 Å². The first-order valence-corrected chi connectivity index (χ1v) is 6.83. The molecule has 3 heteroatoms. The van der Waals surface area contributed by atoms with Gasteiger partial charge >= 0.3 is 0 Å². The molecule has 0 amide bonds. The summed E-state index contributed by atoms with van der Waals surface area (Å²) in [5.74, 6) is 0. The van der Waals surface area contributed by atoms with Crippen LogP contribution in [0.1, 0.15) is 37.8 Å². The van der Waals surface area contributed by atoms with Gasteiger partial charge in [0.05, 0.1) is 0 Å². The van der Waals surface area contributed by atoms with Crippen LogP contribution in [0.15, 0.2) is 18.2 Å². The van der Waals surface area contributed by atoms with Crippen molar-refractivity contribution in [1.29, 1.82) is 0 Å². The van der Waals surface area contributed by atoms with Gasteiger partial charge in [0.2, 0.25) is 0 Å². The van der Waals surface area contributed by atoms with E-state index >= 15 is 0 Å². The minimum absolute atomic E-state index is 0.0217. The number of aliphatic hydroxyl groups excluding tert-OH is 1. The van der Waals surface area contributed by atoms with E-state index in [1.165, 1.54) is 29.7 Å². The molecule has 0 atom stereocenters. The van der Waals surface area contributed by atoms with E-state index in [1.54, 1.807) is 0 Å². The molecule has 1 aliphatic heterocycles. The third-order valence-corrected chi connectivity index (χ3v) is 3.66. The van der Waals surface area contributed by atoms with Gasteiger partial charge in [-0.25, -0.2) is 0 Å². The SMILES string of the molecule is CC(C)(CCO)NCc1cccc2c1NCCC2. The van der Waals surface area contributed by atoms with Crippen LogP contribution in [-0.4, -0.2) is 23.8 Å². The Hall–Kier alpha value is -1.06. The number of para-hydroxylation sites is 1. The molecular formula is C15H24N2O. The Morgan fingerprint density at radius 1 is 1.39 bits per heavy atom. The van der Waals surface area contributed by atoms with Gasteiger partial charge in [0.15, 0.2) is 0 Å². The summed E-state index contributed by atoms with van der Waals surface area (Å²) in [4.78, 5) is 0. The van der Waals surface area contributed by atoms with E-state index in [9.17, 15) is 0 Å². The number of nitrogens with one attached hydrogen (secondary N) is 2. The number of anilines is 1.